The monoisotopic (exact) mass is 279 g/mol. The Morgan fingerprint density at radius 1 is 1.47 bits per heavy atom. The number of nitrogens with one attached hydrogen (secondary N) is 1. The van der Waals surface area contributed by atoms with Crippen molar-refractivity contribution in [1.29, 1.82) is 0 Å². The van der Waals surface area contributed by atoms with E-state index in [4.69, 9.17) is 4.74 Å². The van der Waals surface area contributed by atoms with Crippen LogP contribution >= 0.6 is 11.8 Å². The average Bonchev–Trinajstić information content (AvgIpc) is 2.38. The van der Waals surface area contributed by atoms with Gasteiger partial charge >= 0.3 is 5.97 Å². The number of aromatic nitrogens is 3. The predicted octanol–water partition coefficient (Wildman–Crippen LogP) is 1.53. The standard InChI is InChI=1S/C12H13N3O3S/c1-4-18-12(17)7-5-13-10-8(9(7)16)15-11(19-3)6(2)14-10/h5H,4H2,1-3H3,(H,13,14,16). The smallest absolute Gasteiger partial charge is 0.343 e. The Hall–Kier alpha value is -1.89. The summed E-state index contributed by atoms with van der Waals surface area (Å²) in [6, 6.07) is 0. The number of fused-ring (bicyclic) bond motifs is 1. The molecule has 19 heavy (non-hydrogen) atoms. The number of aromatic amines is 1. The summed E-state index contributed by atoms with van der Waals surface area (Å²) in [6.07, 6.45) is 3.17. The van der Waals surface area contributed by atoms with Gasteiger partial charge in [0.05, 0.1) is 12.3 Å². The third kappa shape index (κ3) is 2.46. The highest BCUT2D eigenvalue weighted by atomic mass is 32.2. The lowest BCUT2D eigenvalue weighted by atomic mass is 10.2. The molecule has 0 bridgehead atoms. The Morgan fingerprint density at radius 2 is 2.21 bits per heavy atom. The van der Waals surface area contributed by atoms with Crippen LogP contribution in [0.3, 0.4) is 0 Å². The second kappa shape index (κ2) is 5.40. The van der Waals surface area contributed by atoms with Gasteiger partial charge in [-0.15, -0.1) is 11.8 Å². The lowest BCUT2D eigenvalue weighted by Gasteiger charge is -2.05. The number of carbonyl (C=O) groups excluding carboxylic acids is 1. The van der Waals surface area contributed by atoms with E-state index < -0.39 is 11.4 Å². The van der Waals surface area contributed by atoms with Crippen molar-refractivity contribution in [2.24, 2.45) is 0 Å². The molecule has 0 saturated carbocycles. The number of nitrogens with zero attached hydrogens (tertiary/aromatic N) is 2. The van der Waals surface area contributed by atoms with Crippen LogP contribution in [0.15, 0.2) is 16.0 Å². The van der Waals surface area contributed by atoms with E-state index in [0.29, 0.717) is 10.7 Å². The van der Waals surface area contributed by atoms with E-state index in [-0.39, 0.29) is 17.7 Å². The molecule has 6 nitrogen and oxygen atoms in total. The molecule has 0 unspecified atom stereocenters. The Morgan fingerprint density at radius 3 is 2.84 bits per heavy atom. The summed E-state index contributed by atoms with van der Waals surface area (Å²) in [5.74, 6) is -0.654. The van der Waals surface area contributed by atoms with Crippen molar-refractivity contribution in [3.63, 3.8) is 0 Å². The molecule has 0 aliphatic heterocycles. The summed E-state index contributed by atoms with van der Waals surface area (Å²) in [4.78, 5) is 35.1. The molecular formula is C12H13N3O3S. The Balaban J connectivity index is 2.67. The number of carbonyl (C=O) groups is 1. The fourth-order valence-corrected chi connectivity index (χ4v) is 2.17. The van der Waals surface area contributed by atoms with Crippen molar-refractivity contribution < 1.29 is 9.53 Å². The van der Waals surface area contributed by atoms with E-state index in [9.17, 15) is 9.59 Å². The van der Waals surface area contributed by atoms with Crippen molar-refractivity contribution >= 4 is 28.9 Å². The summed E-state index contributed by atoms with van der Waals surface area (Å²) >= 11 is 1.40. The number of hydrogen-bond donors (Lipinski definition) is 1. The number of hydrogen-bond acceptors (Lipinski definition) is 6. The van der Waals surface area contributed by atoms with E-state index in [1.807, 2.05) is 13.2 Å². The zero-order valence-electron chi connectivity index (χ0n) is 10.8. The van der Waals surface area contributed by atoms with Gasteiger partial charge in [-0.2, -0.15) is 0 Å². The molecule has 2 heterocycles. The van der Waals surface area contributed by atoms with Gasteiger partial charge in [-0.3, -0.25) is 4.79 Å². The fourth-order valence-electron chi connectivity index (χ4n) is 1.65. The summed E-state index contributed by atoms with van der Waals surface area (Å²) in [5, 5.41) is 0.666. The van der Waals surface area contributed by atoms with Gasteiger partial charge in [0, 0.05) is 6.20 Å². The van der Waals surface area contributed by atoms with Crippen LogP contribution in [-0.4, -0.2) is 33.8 Å². The van der Waals surface area contributed by atoms with Gasteiger partial charge in [-0.25, -0.2) is 14.8 Å². The second-order valence-electron chi connectivity index (χ2n) is 3.77. The van der Waals surface area contributed by atoms with Crippen LogP contribution in [0, 0.1) is 6.92 Å². The quantitative estimate of drug-likeness (QED) is 0.677. The van der Waals surface area contributed by atoms with E-state index in [1.165, 1.54) is 18.0 Å². The van der Waals surface area contributed by atoms with Crippen LogP contribution in [0.1, 0.15) is 23.0 Å². The first-order valence-corrected chi connectivity index (χ1v) is 6.92. The summed E-state index contributed by atoms with van der Waals surface area (Å²) in [6.45, 7) is 3.71. The number of aryl methyl sites for hydroxylation is 1. The zero-order chi connectivity index (χ0) is 14.0. The molecule has 100 valence electrons. The van der Waals surface area contributed by atoms with Crippen molar-refractivity contribution in [2.75, 3.05) is 12.9 Å². The molecule has 0 aliphatic carbocycles. The van der Waals surface area contributed by atoms with E-state index in [1.54, 1.807) is 6.92 Å². The van der Waals surface area contributed by atoms with Crippen molar-refractivity contribution in [2.45, 2.75) is 18.9 Å². The molecule has 0 radical (unpaired) electrons. The summed E-state index contributed by atoms with van der Waals surface area (Å²) in [5.41, 5.74) is 0.739. The molecule has 1 N–H and O–H groups in total. The highest BCUT2D eigenvalue weighted by Gasteiger charge is 2.16. The maximum Gasteiger partial charge on any atom is 0.343 e. The lowest BCUT2D eigenvalue weighted by molar-refractivity contribution is 0.0524. The number of rotatable bonds is 3. The van der Waals surface area contributed by atoms with Gasteiger partial charge in [-0.05, 0) is 20.1 Å². The SMILES string of the molecule is CCOC(=O)c1c[nH]c2nc(C)c(SC)nc2c1=O. The van der Waals surface area contributed by atoms with Gasteiger partial charge in [0.1, 0.15) is 10.6 Å². The minimum atomic E-state index is -0.654. The number of ether oxygens (including phenoxy) is 1. The molecule has 0 fully saturated rings. The van der Waals surface area contributed by atoms with Crippen molar-refractivity contribution in [3.05, 3.63) is 27.7 Å². The van der Waals surface area contributed by atoms with Gasteiger partial charge in [0.25, 0.3) is 0 Å². The topological polar surface area (TPSA) is 84.9 Å². The van der Waals surface area contributed by atoms with Gasteiger partial charge in [0.15, 0.2) is 11.2 Å². The van der Waals surface area contributed by atoms with Crippen molar-refractivity contribution in [1.82, 2.24) is 15.0 Å². The first-order chi connectivity index (χ1) is 9.08. The van der Waals surface area contributed by atoms with Crippen LogP contribution in [0.5, 0.6) is 0 Å². The number of thioether (sulfide) groups is 1. The lowest BCUT2D eigenvalue weighted by Crippen LogP contribution is -2.19. The molecule has 2 aromatic rings. The van der Waals surface area contributed by atoms with E-state index >= 15 is 0 Å². The minimum absolute atomic E-state index is 0.0560. The van der Waals surface area contributed by atoms with E-state index in [2.05, 4.69) is 15.0 Å². The molecular weight excluding hydrogens is 266 g/mol. The Bertz CT molecular complexity index is 696. The molecule has 0 saturated heterocycles. The molecule has 0 spiro atoms. The predicted molar refractivity (Wildman–Crippen MR) is 72.6 cm³/mol. The zero-order valence-corrected chi connectivity index (χ0v) is 11.6. The number of esters is 1. The molecule has 2 rings (SSSR count). The highest BCUT2D eigenvalue weighted by molar-refractivity contribution is 7.98. The fraction of sp³-hybridized carbons (Fsp3) is 0.333. The van der Waals surface area contributed by atoms with Crippen LogP contribution in [0.25, 0.3) is 11.2 Å². The van der Waals surface area contributed by atoms with Crippen molar-refractivity contribution in [3.8, 4) is 0 Å². The van der Waals surface area contributed by atoms with Crippen LogP contribution in [0.2, 0.25) is 0 Å². The maximum atomic E-state index is 12.2. The third-order valence-corrected chi connectivity index (χ3v) is 3.30. The Kier molecular flexibility index (Phi) is 3.84. The summed E-state index contributed by atoms with van der Waals surface area (Å²) in [7, 11) is 0. The minimum Gasteiger partial charge on any atom is -0.462 e. The molecule has 0 atom stereocenters. The van der Waals surface area contributed by atoms with Gasteiger partial charge in [0.2, 0.25) is 5.43 Å². The highest BCUT2D eigenvalue weighted by Crippen LogP contribution is 2.17. The largest absolute Gasteiger partial charge is 0.462 e. The van der Waals surface area contributed by atoms with E-state index in [0.717, 1.165) is 5.69 Å². The number of pyridine rings is 1. The molecule has 0 aromatic carbocycles. The van der Waals surface area contributed by atoms with Crippen LogP contribution in [-0.2, 0) is 4.74 Å². The third-order valence-electron chi connectivity index (χ3n) is 2.53. The van der Waals surface area contributed by atoms with Gasteiger partial charge in [-0.1, -0.05) is 0 Å². The number of H-pyrrole nitrogens is 1. The Labute approximate surface area is 113 Å². The average molecular weight is 279 g/mol. The van der Waals surface area contributed by atoms with Crippen LogP contribution in [0.4, 0.5) is 0 Å². The second-order valence-corrected chi connectivity index (χ2v) is 4.56. The first-order valence-electron chi connectivity index (χ1n) is 5.69. The van der Waals surface area contributed by atoms with Crippen LogP contribution < -0.4 is 5.43 Å². The molecule has 2 aromatic heterocycles. The first kappa shape index (κ1) is 13.5. The normalized spacial score (nSPS) is 10.7. The molecule has 0 aliphatic rings. The molecule has 0 amide bonds. The maximum absolute atomic E-state index is 12.2. The molecule has 7 heteroatoms. The summed E-state index contributed by atoms with van der Waals surface area (Å²) < 4.78 is 4.83. The van der Waals surface area contributed by atoms with Gasteiger partial charge < -0.3 is 9.72 Å².